The van der Waals surface area contributed by atoms with Gasteiger partial charge >= 0.3 is 0 Å². The van der Waals surface area contributed by atoms with E-state index in [0.717, 1.165) is 33.9 Å². The summed E-state index contributed by atoms with van der Waals surface area (Å²) < 4.78 is 10.5. The molecular formula is C26H21NO3. The first kappa shape index (κ1) is 19.4. The second kappa shape index (κ2) is 8.18. The summed E-state index contributed by atoms with van der Waals surface area (Å²) >= 11 is 0. The predicted octanol–water partition coefficient (Wildman–Crippen LogP) is 4.64. The maximum Gasteiger partial charge on any atom is 0.260 e. The lowest BCUT2D eigenvalue weighted by atomic mass is 9.95. The van der Waals surface area contributed by atoms with E-state index in [4.69, 9.17) is 9.47 Å². The Balaban J connectivity index is 1.89. The van der Waals surface area contributed by atoms with E-state index in [1.54, 1.807) is 26.2 Å². The Hall–Kier alpha value is -3.97. The number of benzene rings is 3. The van der Waals surface area contributed by atoms with Crippen molar-refractivity contribution in [1.82, 2.24) is 0 Å². The Labute approximate surface area is 176 Å². The van der Waals surface area contributed by atoms with E-state index in [9.17, 15) is 4.79 Å². The van der Waals surface area contributed by atoms with Gasteiger partial charge in [-0.15, -0.1) is 0 Å². The molecule has 30 heavy (non-hydrogen) atoms. The molecule has 3 aromatic carbocycles. The number of ether oxygens (including phenoxy) is 2. The number of para-hydroxylation sites is 1. The van der Waals surface area contributed by atoms with Gasteiger partial charge in [0.25, 0.3) is 5.91 Å². The third-order valence-corrected chi connectivity index (χ3v) is 5.10. The molecule has 1 amide bonds. The Morgan fingerprint density at radius 2 is 1.43 bits per heavy atom. The number of methoxy groups -OCH3 is 2. The van der Waals surface area contributed by atoms with Gasteiger partial charge in [-0.25, -0.2) is 0 Å². The van der Waals surface area contributed by atoms with Gasteiger partial charge in [-0.3, -0.25) is 4.79 Å². The zero-order chi connectivity index (χ0) is 21.1. The fourth-order valence-electron chi connectivity index (χ4n) is 3.46. The Morgan fingerprint density at radius 1 is 0.833 bits per heavy atom. The van der Waals surface area contributed by atoms with E-state index in [1.807, 2.05) is 72.8 Å². The first-order chi connectivity index (χ1) is 14.6. The molecule has 0 N–H and O–H groups in total. The normalized spacial score (nSPS) is 14.0. The molecular weight excluding hydrogens is 374 g/mol. The van der Waals surface area contributed by atoms with Crippen LogP contribution < -0.4 is 14.4 Å². The molecule has 0 bridgehead atoms. The van der Waals surface area contributed by atoms with Gasteiger partial charge in [0.15, 0.2) is 0 Å². The van der Waals surface area contributed by atoms with Gasteiger partial charge in [-0.1, -0.05) is 42.2 Å². The summed E-state index contributed by atoms with van der Waals surface area (Å²) in [5.41, 5.74) is 4.78. The van der Waals surface area contributed by atoms with Crippen molar-refractivity contribution < 1.29 is 14.3 Å². The van der Waals surface area contributed by atoms with Crippen LogP contribution >= 0.6 is 0 Å². The van der Waals surface area contributed by atoms with Crippen molar-refractivity contribution in [2.24, 2.45) is 0 Å². The van der Waals surface area contributed by atoms with Gasteiger partial charge in [0, 0.05) is 23.7 Å². The highest BCUT2D eigenvalue weighted by Crippen LogP contribution is 2.40. The van der Waals surface area contributed by atoms with E-state index in [2.05, 4.69) is 11.8 Å². The molecule has 0 atom stereocenters. The number of hydrogen-bond donors (Lipinski definition) is 0. The van der Waals surface area contributed by atoms with Crippen LogP contribution in [0.2, 0.25) is 0 Å². The molecule has 4 heteroatoms. The van der Waals surface area contributed by atoms with Crippen molar-refractivity contribution in [1.29, 1.82) is 0 Å². The summed E-state index contributed by atoms with van der Waals surface area (Å²) in [5.74, 6) is 7.92. The first-order valence-electron chi connectivity index (χ1n) is 9.54. The van der Waals surface area contributed by atoms with Crippen LogP contribution in [-0.2, 0) is 4.79 Å². The molecule has 1 aliphatic heterocycles. The molecule has 148 valence electrons. The van der Waals surface area contributed by atoms with Crippen LogP contribution in [0.15, 0.2) is 72.8 Å². The number of nitrogens with zero attached hydrogens (tertiary/aromatic N) is 1. The topological polar surface area (TPSA) is 38.8 Å². The van der Waals surface area contributed by atoms with Crippen molar-refractivity contribution in [3.63, 3.8) is 0 Å². The second-order valence-corrected chi connectivity index (χ2v) is 6.84. The van der Waals surface area contributed by atoms with Gasteiger partial charge in [-0.05, 0) is 48.0 Å². The molecule has 0 aromatic heterocycles. The lowest BCUT2D eigenvalue weighted by molar-refractivity contribution is -0.112. The molecule has 4 rings (SSSR count). The van der Waals surface area contributed by atoms with Crippen LogP contribution in [0.4, 0.5) is 5.69 Å². The zero-order valence-corrected chi connectivity index (χ0v) is 17.1. The largest absolute Gasteiger partial charge is 0.497 e. The van der Waals surface area contributed by atoms with Crippen LogP contribution in [-0.4, -0.2) is 27.2 Å². The fourth-order valence-corrected chi connectivity index (χ4v) is 3.46. The summed E-state index contributed by atoms with van der Waals surface area (Å²) in [7, 11) is 5.05. The molecule has 0 spiro atoms. The molecule has 0 saturated carbocycles. The van der Waals surface area contributed by atoms with E-state index in [0.29, 0.717) is 11.1 Å². The molecule has 0 unspecified atom stereocenters. The van der Waals surface area contributed by atoms with Crippen molar-refractivity contribution >= 4 is 22.7 Å². The number of carbonyl (C=O) groups excluding carboxylic acids is 1. The third kappa shape index (κ3) is 3.54. The highest BCUT2D eigenvalue weighted by Gasteiger charge is 2.32. The Bertz CT molecular complexity index is 1180. The molecule has 0 aliphatic carbocycles. The SMILES string of the molecule is COc1ccc(C#C/C(=C2/C(=O)N(C)c3ccccc32)c2ccc(OC)cc2)cc1. The van der Waals surface area contributed by atoms with Gasteiger partial charge in [0.1, 0.15) is 11.5 Å². The molecule has 0 radical (unpaired) electrons. The maximum atomic E-state index is 13.2. The summed E-state index contributed by atoms with van der Waals surface area (Å²) in [5, 5.41) is 0. The predicted molar refractivity (Wildman–Crippen MR) is 120 cm³/mol. The number of rotatable bonds is 3. The van der Waals surface area contributed by atoms with Crippen LogP contribution in [0.3, 0.4) is 0 Å². The molecule has 0 fully saturated rings. The number of allylic oxidation sites excluding steroid dienone is 1. The van der Waals surface area contributed by atoms with Crippen molar-refractivity contribution in [2.75, 3.05) is 26.2 Å². The van der Waals surface area contributed by atoms with Crippen LogP contribution in [0.1, 0.15) is 16.7 Å². The third-order valence-electron chi connectivity index (χ3n) is 5.10. The van der Waals surface area contributed by atoms with Crippen molar-refractivity contribution in [3.8, 4) is 23.3 Å². The van der Waals surface area contributed by atoms with Crippen molar-refractivity contribution in [3.05, 3.63) is 89.5 Å². The highest BCUT2D eigenvalue weighted by molar-refractivity contribution is 6.38. The molecule has 3 aromatic rings. The lowest BCUT2D eigenvalue weighted by Crippen LogP contribution is -2.20. The average Bonchev–Trinajstić information content (AvgIpc) is 3.05. The van der Waals surface area contributed by atoms with Crippen LogP contribution in [0.25, 0.3) is 11.1 Å². The standard InChI is InChI=1S/C26H21NO3/c1-27-24-7-5-4-6-23(24)25(26(27)28)22(19-11-15-21(30-3)16-12-19)17-10-18-8-13-20(29-2)14-9-18/h4-9,11-16H,1-3H3/b25-22-. The molecule has 1 heterocycles. The number of likely N-dealkylation sites (N-methyl/N-ethyl adjacent to an activating group) is 1. The highest BCUT2D eigenvalue weighted by atomic mass is 16.5. The fraction of sp³-hybridized carbons (Fsp3) is 0.115. The Kier molecular flexibility index (Phi) is 5.28. The summed E-state index contributed by atoms with van der Waals surface area (Å²) in [6.07, 6.45) is 0. The summed E-state index contributed by atoms with van der Waals surface area (Å²) in [6.45, 7) is 0. The number of carbonyl (C=O) groups is 1. The second-order valence-electron chi connectivity index (χ2n) is 6.84. The van der Waals surface area contributed by atoms with E-state index >= 15 is 0 Å². The minimum Gasteiger partial charge on any atom is -0.497 e. The maximum absolute atomic E-state index is 13.2. The van der Waals surface area contributed by atoms with Gasteiger partial charge in [0.05, 0.1) is 25.5 Å². The summed E-state index contributed by atoms with van der Waals surface area (Å²) in [4.78, 5) is 14.8. The summed E-state index contributed by atoms with van der Waals surface area (Å²) in [6, 6.07) is 22.9. The van der Waals surface area contributed by atoms with E-state index in [1.165, 1.54) is 0 Å². The number of hydrogen-bond acceptors (Lipinski definition) is 3. The number of fused-ring (bicyclic) bond motifs is 1. The lowest BCUT2D eigenvalue weighted by Gasteiger charge is -2.09. The first-order valence-corrected chi connectivity index (χ1v) is 9.54. The van der Waals surface area contributed by atoms with Crippen LogP contribution in [0, 0.1) is 11.8 Å². The van der Waals surface area contributed by atoms with Crippen molar-refractivity contribution in [2.45, 2.75) is 0 Å². The molecule has 1 aliphatic rings. The zero-order valence-electron chi connectivity index (χ0n) is 17.1. The number of amides is 1. The molecule has 4 nitrogen and oxygen atoms in total. The smallest absolute Gasteiger partial charge is 0.260 e. The van der Waals surface area contributed by atoms with Crippen LogP contribution in [0.5, 0.6) is 11.5 Å². The van der Waals surface area contributed by atoms with E-state index < -0.39 is 0 Å². The average molecular weight is 395 g/mol. The molecule has 0 saturated heterocycles. The minimum atomic E-state index is -0.0638. The quantitative estimate of drug-likeness (QED) is 0.479. The number of anilines is 1. The van der Waals surface area contributed by atoms with E-state index in [-0.39, 0.29) is 5.91 Å². The Morgan fingerprint density at radius 3 is 2.07 bits per heavy atom. The van der Waals surface area contributed by atoms with Gasteiger partial charge < -0.3 is 14.4 Å². The van der Waals surface area contributed by atoms with Gasteiger partial charge in [0.2, 0.25) is 0 Å². The minimum absolute atomic E-state index is 0.0638. The van der Waals surface area contributed by atoms with Gasteiger partial charge in [-0.2, -0.15) is 0 Å². The monoisotopic (exact) mass is 395 g/mol.